The standard InChI is InChI=1S/C27H23ClN2O2/c1-29-16-22(17-11-13-19(28)14-12-17)26(15-18-7-3-4-8-20(18)24(26)31)27(29)21-9-5-6-10-23(21)30(2)25(27)32/h3-14,22H,15-16H2,1-2H3/t22-,26+,27+/m0/s1/i2T3. The molecular formula is C27H23ClN2O2. The Morgan fingerprint density at radius 3 is 2.47 bits per heavy atom. The van der Waals surface area contributed by atoms with Crippen LogP contribution in [-0.2, 0) is 16.8 Å². The van der Waals surface area contributed by atoms with Gasteiger partial charge < -0.3 is 4.90 Å². The minimum absolute atomic E-state index is 0.118. The molecular weight excluding hydrogens is 420 g/mol. The number of nitrogens with zero attached hydrogens (tertiary/aromatic N) is 2. The molecule has 32 heavy (non-hydrogen) atoms. The molecule has 2 heterocycles. The van der Waals surface area contributed by atoms with Crippen LogP contribution >= 0.6 is 11.6 Å². The smallest absolute Gasteiger partial charge is 0.253 e. The zero-order valence-corrected chi connectivity index (χ0v) is 18.3. The first kappa shape index (κ1) is 16.7. The van der Waals surface area contributed by atoms with E-state index in [2.05, 4.69) is 0 Å². The Labute approximate surface area is 196 Å². The largest absolute Gasteiger partial charge is 0.313 e. The molecule has 3 aromatic carbocycles. The first-order valence-electron chi connectivity index (χ1n) is 12.2. The van der Waals surface area contributed by atoms with Gasteiger partial charge in [0, 0.05) is 45.4 Å². The molecule has 2 spiro atoms. The molecule has 5 heteroatoms. The molecule has 4 nitrogen and oxygen atoms in total. The van der Waals surface area contributed by atoms with Gasteiger partial charge >= 0.3 is 0 Å². The summed E-state index contributed by atoms with van der Waals surface area (Å²) in [5.41, 5.74) is 0.607. The van der Waals surface area contributed by atoms with Crippen LogP contribution in [0, 0.1) is 5.41 Å². The lowest BCUT2D eigenvalue weighted by Gasteiger charge is -2.44. The van der Waals surface area contributed by atoms with Crippen molar-refractivity contribution in [1.29, 1.82) is 0 Å². The van der Waals surface area contributed by atoms with Crippen LogP contribution < -0.4 is 4.90 Å². The highest BCUT2D eigenvalue weighted by atomic mass is 35.5. The fourth-order valence-electron chi connectivity index (χ4n) is 6.50. The van der Waals surface area contributed by atoms with E-state index >= 15 is 0 Å². The third-order valence-electron chi connectivity index (χ3n) is 7.73. The predicted octanol–water partition coefficient (Wildman–Crippen LogP) is 4.67. The molecule has 3 aliphatic rings. The van der Waals surface area contributed by atoms with E-state index in [4.69, 9.17) is 15.7 Å². The zero-order valence-electron chi connectivity index (χ0n) is 20.5. The van der Waals surface area contributed by atoms with Gasteiger partial charge in [-0.05, 0) is 42.8 Å². The Balaban J connectivity index is 1.69. The number of fused-ring (bicyclic) bond motifs is 4. The van der Waals surface area contributed by atoms with Crippen molar-refractivity contribution >= 4 is 29.0 Å². The summed E-state index contributed by atoms with van der Waals surface area (Å²) in [6.45, 7) is -2.28. The van der Waals surface area contributed by atoms with Crippen molar-refractivity contribution < 1.29 is 13.7 Å². The average molecular weight is 449 g/mol. The molecule has 3 atom stereocenters. The lowest BCUT2D eigenvalue weighted by Crippen LogP contribution is -2.59. The Bertz CT molecular complexity index is 1390. The highest BCUT2D eigenvalue weighted by molar-refractivity contribution is 6.30. The number of rotatable bonds is 1. The maximum Gasteiger partial charge on any atom is 0.253 e. The Hall–Kier alpha value is -2.95. The Morgan fingerprint density at radius 1 is 1.00 bits per heavy atom. The fraction of sp³-hybridized carbons (Fsp3) is 0.259. The van der Waals surface area contributed by atoms with Crippen molar-refractivity contribution in [3.05, 3.63) is 100 Å². The first-order valence-corrected chi connectivity index (χ1v) is 11.1. The van der Waals surface area contributed by atoms with Gasteiger partial charge in [-0.2, -0.15) is 0 Å². The monoisotopic (exact) mass is 448 g/mol. The van der Waals surface area contributed by atoms with Crippen molar-refractivity contribution in [1.82, 2.24) is 4.90 Å². The molecule has 1 saturated heterocycles. The van der Waals surface area contributed by atoms with Crippen LogP contribution in [0.5, 0.6) is 0 Å². The third-order valence-corrected chi connectivity index (χ3v) is 7.98. The van der Waals surface area contributed by atoms with Gasteiger partial charge in [0.25, 0.3) is 5.91 Å². The number of hydrogen-bond acceptors (Lipinski definition) is 3. The number of anilines is 1. The molecule has 1 aliphatic carbocycles. The van der Waals surface area contributed by atoms with Gasteiger partial charge in [-0.25, -0.2) is 0 Å². The molecule has 0 aromatic heterocycles. The van der Waals surface area contributed by atoms with Crippen LogP contribution in [0.1, 0.15) is 37.1 Å². The molecule has 0 bridgehead atoms. The number of benzene rings is 3. The highest BCUT2D eigenvalue weighted by Gasteiger charge is 2.75. The second kappa shape index (κ2) is 6.53. The normalized spacial score (nSPS) is 30.5. The van der Waals surface area contributed by atoms with Crippen LogP contribution in [0.25, 0.3) is 0 Å². The fourth-order valence-corrected chi connectivity index (χ4v) is 6.62. The van der Waals surface area contributed by atoms with Gasteiger partial charge in [-0.15, -0.1) is 0 Å². The number of likely N-dealkylation sites (tertiary alicyclic amines) is 1. The molecule has 0 radical (unpaired) electrons. The van der Waals surface area contributed by atoms with E-state index in [1.165, 1.54) is 0 Å². The first-order chi connectivity index (χ1) is 16.6. The number of halogens is 1. The number of ketones is 1. The van der Waals surface area contributed by atoms with E-state index in [1.807, 2.05) is 48.3 Å². The molecule has 160 valence electrons. The summed E-state index contributed by atoms with van der Waals surface area (Å²) >= 11 is 6.18. The van der Waals surface area contributed by atoms with Gasteiger partial charge in [0.05, 0.1) is 5.41 Å². The van der Waals surface area contributed by atoms with Crippen molar-refractivity contribution in [2.45, 2.75) is 17.9 Å². The third kappa shape index (κ3) is 2.12. The van der Waals surface area contributed by atoms with E-state index in [0.717, 1.165) is 16.0 Å². The van der Waals surface area contributed by atoms with Crippen molar-refractivity contribution in [3.8, 4) is 0 Å². The van der Waals surface area contributed by atoms with Crippen LogP contribution in [0.4, 0.5) is 5.69 Å². The number of carbonyl (C=O) groups excluding carboxylic acids is 2. The molecule has 0 N–H and O–H groups in total. The predicted molar refractivity (Wildman–Crippen MR) is 125 cm³/mol. The van der Waals surface area contributed by atoms with E-state index in [0.29, 0.717) is 34.8 Å². The van der Waals surface area contributed by atoms with E-state index in [9.17, 15) is 9.59 Å². The van der Waals surface area contributed by atoms with Gasteiger partial charge in [-0.1, -0.05) is 66.2 Å². The average Bonchev–Trinajstić information content (AvgIpc) is 3.37. The van der Waals surface area contributed by atoms with Gasteiger partial charge in [-0.3, -0.25) is 14.5 Å². The molecule has 1 amide bonds. The van der Waals surface area contributed by atoms with Gasteiger partial charge in [0.15, 0.2) is 5.78 Å². The summed E-state index contributed by atoms with van der Waals surface area (Å²) in [6.07, 6.45) is 0.342. The quantitative estimate of drug-likeness (QED) is 0.543. The van der Waals surface area contributed by atoms with E-state index < -0.39 is 23.8 Å². The van der Waals surface area contributed by atoms with Crippen LogP contribution in [0.3, 0.4) is 0 Å². The molecule has 0 unspecified atom stereocenters. The number of Topliss-reactive ketones (excluding diaryl/α,β-unsaturated/α-hetero) is 1. The Kier molecular flexibility index (Phi) is 3.40. The molecule has 0 saturated carbocycles. The van der Waals surface area contributed by atoms with E-state index in [1.54, 1.807) is 36.4 Å². The number of likely N-dealkylation sites (N-methyl/N-ethyl adjacent to an activating group) is 2. The molecule has 1 fully saturated rings. The summed E-state index contributed by atoms with van der Waals surface area (Å²) in [5, 5.41) is 0.584. The lowest BCUT2D eigenvalue weighted by molar-refractivity contribution is -0.132. The summed E-state index contributed by atoms with van der Waals surface area (Å²) in [7, 11) is 1.83. The summed E-state index contributed by atoms with van der Waals surface area (Å²) in [6, 6.07) is 21.9. The van der Waals surface area contributed by atoms with Gasteiger partial charge in [0.1, 0.15) is 5.54 Å². The highest BCUT2D eigenvalue weighted by Crippen LogP contribution is 2.67. The molecule has 2 aliphatic heterocycles. The van der Waals surface area contributed by atoms with Gasteiger partial charge in [0.2, 0.25) is 0 Å². The Morgan fingerprint density at radius 2 is 1.72 bits per heavy atom. The van der Waals surface area contributed by atoms with Crippen molar-refractivity contribution in [2.24, 2.45) is 5.41 Å². The minimum atomic E-state index is -2.69. The van der Waals surface area contributed by atoms with Crippen molar-refractivity contribution in [3.63, 3.8) is 0 Å². The summed E-state index contributed by atoms with van der Waals surface area (Å²) in [4.78, 5) is 31.8. The lowest BCUT2D eigenvalue weighted by atomic mass is 9.59. The number of amides is 1. The van der Waals surface area contributed by atoms with Crippen molar-refractivity contribution in [2.75, 3.05) is 25.5 Å². The topological polar surface area (TPSA) is 40.6 Å². The summed E-state index contributed by atoms with van der Waals surface area (Å²) in [5.74, 6) is -1.04. The van der Waals surface area contributed by atoms with Crippen LogP contribution in [0.15, 0.2) is 72.8 Å². The summed E-state index contributed by atoms with van der Waals surface area (Å²) < 4.78 is 24.6. The van der Waals surface area contributed by atoms with E-state index in [-0.39, 0.29) is 11.7 Å². The maximum atomic E-state index is 14.5. The minimum Gasteiger partial charge on any atom is -0.313 e. The van der Waals surface area contributed by atoms with Crippen LogP contribution in [-0.4, -0.2) is 37.2 Å². The number of carbonyl (C=O) groups is 2. The molecule has 3 aromatic rings. The number of para-hydroxylation sites is 1. The number of hydrogen-bond donors (Lipinski definition) is 0. The van der Waals surface area contributed by atoms with Crippen LogP contribution in [0.2, 0.25) is 5.02 Å². The SMILES string of the molecule is [3H]C([3H])([3H])N1C(=O)[C@@]2(c3ccccc31)N(C)C[C@@H](c1ccc(Cl)cc1)[C@@]21Cc2ccccc2C1=O. The second-order valence-electron chi connectivity index (χ2n) is 8.99. The second-order valence-corrected chi connectivity index (χ2v) is 9.42. The zero-order chi connectivity index (χ0) is 24.8. The molecule has 6 rings (SSSR count). The maximum absolute atomic E-state index is 14.5.